The molecule has 0 bridgehead atoms. The van der Waals surface area contributed by atoms with E-state index < -0.39 is 7.12 Å². The van der Waals surface area contributed by atoms with Crippen LogP contribution in [0.2, 0.25) is 0 Å². The summed E-state index contributed by atoms with van der Waals surface area (Å²) >= 11 is 0. The van der Waals surface area contributed by atoms with E-state index in [4.69, 9.17) is 4.65 Å². The van der Waals surface area contributed by atoms with Gasteiger partial charge in [0, 0.05) is 6.61 Å². The highest BCUT2D eigenvalue weighted by molar-refractivity contribution is 6.61. The molecule has 2 nitrogen and oxygen atoms in total. The average molecular weight is 174 g/mol. The summed E-state index contributed by atoms with van der Waals surface area (Å²) in [6.07, 6.45) is 0.917. The molecule has 0 amide bonds. The molecule has 0 atom stereocenters. The van der Waals surface area contributed by atoms with E-state index in [1.165, 1.54) is 16.6 Å². The molecule has 0 fully saturated rings. The molecule has 1 N–H and O–H groups in total. The topological polar surface area (TPSA) is 29.5 Å². The molecule has 0 spiro atoms. The molecule has 0 saturated heterocycles. The lowest BCUT2D eigenvalue weighted by Crippen LogP contribution is -2.44. The number of benzene rings is 1. The molecule has 0 saturated carbocycles. The summed E-state index contributed by atoms with van der Waals surface area (Å²) in [6, 6.07) is 3.99. The number of aryl methyl sites for hydroxylation is 1. The van der Waals surface area contributed by atoms with Crippen LogP contribution in [0.25, 0.3) is 0 Å². The van der Waals surface area contributed by atoms with E-state index in [2.05, 4.69) is 14.8 Å². The van der Waals surface area contributed by atoms with Crippen molar-refractivity contribution in [2.24, 2.45) is 0 Å². The Morgan fingerprint density at radius 1 is 1.54 bits per heavy atom. The second kappa shape index (κ2) is 3.20. The smallest absolute Gasteiger partial charge is 0.423 e. The number of fused-ring (bicyclic) bond motifs is 1. The molecular formula is C9H12B2O2. The summed E-state index contributed by atoms with van der Waals surface area (Å²) in [7, 11) is 1.38. The molecule has 13 heavy (non-hydrogen) atoms. The van der Waals surface area contributed by atoms with Crippen molar-refractivity contribution in [3.05, 3.63) is 23.3 Å². The van der Waals surface area contributed by atoms with Crippen molar-refractivity contribution >= 4 is 25.9 Å². The van der Waals surface area contributed by atoms with Crippen LogP contribution in [-0.4, -0.2) is 26.6 Å². The van der Waals surface area contributed by atoms with E-state index in [9.17, 15) is 5.02 Å². The molecule has 1 aromatic carbocycles. The van der Waals surface area contributed by atoms with Crippen molar-refractivity contribution < 1.29 is 9.68 Å². The molecule has 4 heteroatoms. The van der Waals surface area contributed by atoms with Crippen LogP contribution >= 0.6 is 0 Å². The Labute approximate surface area is 79.5 Å². The molecule has 2 rings (SSSR count). The molecule has 0 unspecified atom stereocenters. The van der Waals surface area contributed by atoms with Crippen LogP contribution in [0, 0.1) is 6.92 Å². The van der Waals surface area contributed by atoms with E-state index in [1.54, 1.807) is 0 Å². The van der Waals surface area contributed by atoms with E-state index in [0.29, 0.717) is 6.61 Å². The summed E-state index contributed by atoms with van der Waals surface area (Å²) in [5, 5.41) is 9.55. The van der Waals surface area contributed by atoms with E-state index in [1.807, 2.05) is 12.1 Å². The molecule has 1 aromatic rings. The fourth-order valence-electron chi connectivity index (χ4n) is 1.82. The fourth-order valence-corrected chi connectivity index (χ4v) is 1.82. The Hall–Kier alpha value is -0.730. The zero-order chi connectivity index (χ0) is 9.42. The maximum absolute atomic E-state index is 9.55. The Balaban J connectivity index is 2.56. The number of hydrogen-bond donors (Lipinski definition) is 1. The minimum absolute atomic E-state index is 0.623. The van der Waals surface area contributed by atoms with Gasteiger partial charge in [0.15, 0.2) is 0 Å². The first-order valence-corrected chi connectivity index (χ1v) is 4.59. The Kier molecular flexibility index (Phi) is 2.18. The van der Waals surface area contributed by atoms with Crippen molar-refractivity contribution in [2.45, 2.75) is 13.3 Å². The summed E-state index contributed by atoms with van der Waals surface area (Å²) in [5.74, 6) is 0. The molecule has 1 aliphatic rings. The third kappa shape index (κ3) is 1.40. The maximum atomic E-state index is 9.55. The molecule has 1 aliphatic heterocycles. The third-order valence-electron chi connectivity index (χ3n) is 2.80. The normalized spacial score (nSPS) is 15.7. The summed E-state index contributed by atoms with van der Waals surface area (Å²) in [6.45, 7) is 2.72. The van der Waals surface area contributed by atoms with E-state index >= 15 is 0 Å². The first-order valence-electron chi connectivity index (χ1n) is 4.59. The lowest BCUT2D eigenvalue weighted by atomic mass is 9.68. The van der Waals surface area contributed by atoms with Crippen LogP contribution in [0.4, 0.5) is 0 Å². The van der Waals surface area contributed by atoms with Crippen molar-refractivity contribution in [2.75, 3.05) is 6.61 Å². The fraction of sp³-hybridized carbons (Fsp3) is 0.333. The van der Waals surface area contributed by atoms with Gasteiger partial charge in [-0.3, -0.25) is 0 Å². The summed E-state index contributed by atoms with van der Waals surface area (Å²) in [5.41, 5.74) is 4.78. The first-order chi connectivity index (χ1) is 6.20. The lowest BCUT2D eigenvalue weighted by molar-refractivity contribution is 0.266. The quantitative estimate of drug-likeness (QED) is 0.485. The van der Waals surface area contributed by atoms with Crippen molar-refractivity contribution in [1.82, 2.24) is 0 Å². The van der Waals surface area contributed by atoms with Crippen LogP contribution in [0.5, 0.6) is 0 Å². The van der Waals surface area contributed by atoms with Crippen LogP contribution < -0.4 is 10.9 Å². The van der Waals surface area contributed by atoms with Gasteiger partial charge in [-0.05, 0) is 18.8 Å². The van der Waals surface area contributed by atoms with Crippen LogP contribution in [0.1, 0.15) is 11.1 Å². The summed E-state index contributed by atoms with van der Waals surface area (Å²) in [4.78, 5) is 0. The SMILES string of the molecule is Bc1c(C)ccc2c1CCOB2O. The van der Waals surface area contributed by atoms with Crippen LogP contribution in [0.15, 0.2) is 12.1 Å². The van der Waals surface area contributed by atoms with Gasteiger partial charge in [0.05, 0.1) is 0 Å². The highest BCUT2D eigenvalue weighted by Gasteiger charge is 2.25. The molecule has 0 aromatic heterocycles. The summed E-state index contributed by atoms with van der Waals surface area (Å²) < 4.78 is 5.15. The molecule has 66 valence electrons. The zero-order valence-corrected chi connectivity index (χ0v) is 8.00. The minimum Gasteiger partial charge on any atom is -0.423 e. The average Bonchev–Trinajstić information content (AvgIpc) is 2.12. The largest absolute Gasteiger partial charge is 0.491 e. The Morgan fingerprint density at radius 2 is 2.31 bits per heavy atom. The first kappa shape index (κ1) is 8.85. The maximum Gasteiger partial charge on any atom is 0.491 e. The lowest BCUT2D eigenvalue weighted by Gasteiger charge is -2.21. The van der Waals surface area contributed by atoms with Gasteiger partial charge in [0.1, 0.15) is 7.85 Å². The van der Waals surface area contributed by atoms with Gasteiger partial charge in [-0.15, -0.1) is 0 Å². The Bertz CT molecular complexity index is 339. The molecule has 0 radical (unpaired) electrons. The van der Waals surface area contributed by atoms with Gasteiger partial charge in [-0.1, -0.05) is 28.7 Å². The monoisotopic (exact) mass is 174 g/mol. The van der Waals surface area contributed by atoms with E-state index in [-0.39, 0.29) is 0 Å². The van der Waals surface area contributed by atoms with Crippen LogP contribution in [0.3, 0.4) is 0 Å². The number of rotatable bonds is 0. The highest BCUT2D eigenvalue weighted by atomic mass is 16.5. The highest BCUT2D eigenvalue weighted by Crippen LogP contribution is 2.05. The van der Waals surface area contributed by atoms with Gasteiger partial charge in [0.25, 0.3) is 0 Å². The van der Waals surface area contributed by atoms with Crippen molar-refractivity contribution in [1.29, 1.82) is 0 Å². The molecular weight excluding hydrogens is 162 g/mol. The zero-order valence-electron chi connectivity index (χ0n) is 8.00. The Morgan fingerprint density at radius 3 is 3.08 bits per heavy atom. The second-order valence-electron chi connectivity index (χ2n) is 3.55. The van der Waals surface area contributed by atoms with Gasteiger partial charge < -0.3 is 9.68 Å². The van der Waals surface area contributed by atoms with Gasteiger partial charge in [-0.2, -0.15) is 0 Å². The molecule has 1 heterocycles. The molecule has 0 aliphatic carbocycles. The van der Waals surface area contributed by atoms with E-state index in [0.717, 1.165) is 11.9 Å². The predicted octanol–water partition coefficient (Wildman–Crippen LogP) is -1.49. The van der Waals surface area contributed by atoms with Gasteiger partial charge >= 0.3 is 7.12 Å². The van der Waals surface area contributed by atoms with Gasteiger partial charge in [0.2, 0.25) is 0 Å². The predicted molar refractivity (Wildman–Crippen MR) is 56.6 cm³/mol. The second-order valence-corrected chi connectivity index (χ2v) is 3.55. The van der Waals surface area contributed by atoms with Crippen LogP contribution in [-0.2, 0) is 11.1 Å². The minimum atomic E-state index is -0.719. The van der Waals surface area contributed by atoms with Crippen molar-refractivity contribution in [3.8, 4) is 0 Å². The van der Waals surface area contributed by atoms with Gasteiger partial charge in [-0.25, -0.2) is 0 Å². The standard InChI is InChI=1S/C9H12B2O2/c1-6-2-3-8-7(9(6)10)4-5-13-11(8)12/h2-3,12H,4-5,10H2,1H3. The van der Waals surface area contributed by atoms with Crippen molar-refractivity contribution in [3.63, 3.8) is 0 Å². The third-order valence-corrected chi connectivity index (χ3v) is 2.80. The number of hydrogen-bond acceptors (Lipinski definition) is 2.